The molecule has 0 radical (unpaired) electrons. The zero-order valence-corrected chi connectivity index (χ0v) is 8.77. The summed E-state index contributed by atoms with van der Waals surface area (Å²) in [5.74, 6) is 0.253. The molecule has 0 unspecified atom stereocenters. The summed E-state index contributed by atoms with van der Waals surface area (Å²) in [6.07, 6.45) is 4.34. The second-order valence-electron chi connectivity index (χ2n) is 3.44. The molecule has 0 saturated heterocycles. The third-order valence-corrected chi connectivity index (χ3v) is 3.05. The van der Waals surface area contributed by atoms with Crippen LogP contribution >= 0.6 is 11.3 Å². The van der Waals surface area contributed by atoms with Crippen molar-refractivity contribution >= 4 is 17.1 Å². The molecule has 74 valence electrons. The van der Waals surface area contributed by atoms with E-state index in [2.05, 4.69) is 22.1 Å². The highest BCUT2D eigenvalue weighted by molar-refractivity contribution is 7.07. The fraction of sp³-hybridized carbons (Fsp3) is 0.364. The number of carbonyl (C=O) groups excluding carboxylic acids is 1. The van der Waals surface area contributed by atoms with Crippen LogP contribution in [0.4, 0.5) is 0 Å². The molecule has 1 N–H and O–H groups in total. The highest BCUT2D eigenvalue weighted by atomic mass is 32.1. The summed E-state index contributed by atoms with van der Waals surface area (Å²) in [5.41, 5.74) is 2.47. The monoisotopic (exact) mass is 207 g/mol. The van der Waals surface area contributed by atoms with Crippen LogP contribution in [0.5, 0.6) is 0 Å². The fourth-order valence-electron chi connectivity index (χ4n) is 1.54. The number of hydrogen-bond acceptors (Lipinski definition) is 3. The van der Waals surface area contributed by atoms with E-state index in [1.54, 1.807) is 17.4 Å². The second kappa shape index (κ2) is 4.42. The van der Waals surface area contributed by atoms with Crippen molar-refractivity contribution in [2.45, 2.75) is 19.3 Å². The Morgan fingerprint density at radius 3 is 3.00 bits per heavy atom. The van der Waals surface area contributed by atoms with E-state index in [1.165, 1.54) is 5.56 Å². The Kier molecular flexibility index (Phi) is 2.99. The number of allylic oxidation sites excluding steroid dienone is 2. The summed E-state index contributed by atoms with van der Waals surface area (Å²) in [6.45, 7) is 0.926. The molecule has 1 aliphatic rings. The van der Waals surface area contributed by atoms with Gasteiger partial charge in [0.25, 0.3) is 0 Å². The molecule has 1 aromatic heterocycles. The number of carbonyl (C=O) groups is 1. The van der Waals surface area contributed by atoms with Gasteiger partial charge in [-0.3, -0.25) is 4.79 Å². The predicted molar refractivity (Wildman–Crippen MR) is 58.3 cm³/mol. The SMILES string of the molecule is O=C1C=C(NCCc2ccsc2)CC1. The maximum absolute atomic E-state index is 10.9. The van der Waals surface area contributed by atoms with E-state index in [0.29, 0.717) is 6.42 Å². The van der Waals surface area contributed by atoms with Crippen LogP contribution in [-0.2, 0) is 11.2 Å². The van der Waals surface area contributed by atoms with Crippen molar-refractivity contribution in [3.8, 4) is 0 Å². The maximum atomic E-state index is 10.9. The Labute approximate surface area is 87.6 Å². The lowest BCUT2D eigenvalue weighted by molar-refractivity contribution is -0.114. The summed E-state index contributed by atoms with van der Waals surface area (Å²) in [4.78, 5) is 10.9. The number of thiophene rings is 1. The molecule has 0 aromatic carbocycles. The van der Waals surface area contributed by atoms with Crippen molar-refractivity contribution in [3.63, 3.8) is 0 Å². The smallest absolute Gasteiger partial charge is 0.157 e. The molecule has 0 bridgehead atoms. The second-order valence-corrected chi connectivity index (χ2v) is 4.22. The first-order valence-corrected chi connectivity index (χ1v) is 5.77. The molecule has 0 aliphatic heterocycles. The molecular weight excluding hydrogens is 194 g/mol. The Hall–Kier alpha value is -1.09. The van der Waals surface area contributed by atoms with E-state index in [0.717, 1.165) is 25.1 Å². The molecule has 1 aromatic rings. The van der Waals surface area contributed by atoms with Gasteiger partial charge < -0.3 is 5.32 Å². The van der Waals surface area contributed by atoms with Crippen molar-refractivity contribution in [2.24, 2.45) is 0 Å². The third kappa shape index (κ3) is 2.45. The lowest BCUT2D eigenvalue weighted by Gasteiger charge is -2.04. The fourth-order valence-corrected chi connectivity index (χ4v) is 2.24. The van der Waals surface area contributed by atoms with E-state index in [4.69, 9.17) is 0 Å². The predicted octanol–water partition coefficient (Wildman–Crippen LogP) is 2.13. The molecule has 2 nitrogen and oxygen atoms in total. The first kappa shape index (κ1) is 9.46. The van der Waals surface area contributed by atoms with Crippen LogP contribution in [0.2, 0.25) is 0 Å². The normalized spacial score (nSPS) is 15.7. The van der Waals surface area contributed by atoms with Gasteiger partial charge in [-0.1, -0.05) is 0 Å². The minimum absolute atomic E-state index is 0.253. The van der Waals surface area contributed by atoms with Crippen molar-refractivity contribution < 1.29 is 4.79 Å². The van der Waals surface area contributed by atoms with E-state index < -0.39 is 0 Å². The first-order valence-electron chi connectivity index (χ1n) is 4.83. The Morgan fingerprint density at radius 2 is 2.36 bits per heavy atom. The van der Waals surface area contributed by atoms with Gasteiger partial charge in [0.1, 0.15) is 0 Å². The topological polar surface area (TPSA) is 29.1 Å². The van der Waals surface area contributed by atoms with E-state index in [-0.39, 0.29) is 5.78 Å². The lowest BCUT2D eigenvalue weighted by Crippen LogP contribution is -2.15. The van der Waals surface area contributed by atoms with Gasteiger partial charge in [-0.2, -0.15) is 11.3 Å². The minimum atomic E-state index is 0.253. The molecule has 2 rings (SSSR count). The molecule has 3 heteroatoms. The number of rotatable bonds is 4. The Balaban J connectivity index is 1.73. The first-order chi connectivity index (χ1) is 6.84. The standard InChI is InChI=1S/C11H13NOS/c13-11-2-1-10(7-11)12-5-3-9-4-6-14-8-9/h4,6-8,12H,1-3,5H2. The number of nitrogens with one attached hydrogen (secondary N) is 1. The summed E-state index contributed by atoms with van der Waals surface area (Å²) in [7, 11) is 0. The zero-order chi connectivity index (χ0) is 9.80. The van der Waals surface area contributed by atoms with Gasteiger partial charge in [-0.05, 0) is 35.2 Å². The molecule has 0 fully saturated rings. The average molecular weight is 207 g/mol. The molecule has 0 saturated carbocycles. The van der Waals surface area contributed by atoms with Crippen LogP contribution in [0.25, 0.3) is 0 Å². The number of ketones is 1. The summed E-state index contributed by atoms with van der Waals surface area (Å²) in [5, 5.41) is 7.55. The summed E-state index contributed by atoms with van der Waals surface area (Å²) < 4.78 is 0. The van der Waals surface area contributed by atoms with Crippen LogP contribution in [0, 0.1) is 0 Å². The Bertz CT molecular complexity index is 340. The van der Waals surface area contributed by atoms with Crippen LogP contribution in [0.15, 0.2) is 28.6 Å². The van der Waals surface area contributed by atoms with Gasteiger partial charge in [-0.25, -0.2) is 0 Å². The van der Waals surface area contributed by atoms with Gasteiger partial charge in [0.15, 0.2) is 5.78 Å². The summed E-state index contributed by atoms with van der Waals surface area (Å²) >= 11 is 1.73. The molecule has 14 heavy (non-hydrogen) atoms. The van der Waals surface area contributed by atoms with Crippen LogP contribution in [0.3, 0.4) is 0 Å². The molecule has 0 atom stereocenters. The van der Waals surface area contributed by atoms with E-state index >= 15 is 0 Å². The quantitative estimate of drug-likeness (QED) is 0.819. The minimum Gasteiger partial charge on any atom is -0.388 e. The molecule has 1 heterocycles. The van der Waals surface area contributed by atoms with Crippen LogP contribution < -0.4 is 5.32 Å². The van der Waals surface area contributed by atoms with Gasteiger partial charge >= 0.3 is 0 Å². The van der Waals surface area contributed by atoms with E-state index in [9.17, 15) is 4.79 Å². The lowest BCUT2D eigenvalue weighted by atomic mass is 10.2. The van der Waals surface area contributed by atoms with Gasteiger partial charge in [0, 0.05) is 24.7 Å². The Morgan fingerprint density at radius 1 is 1.43 bits per heavy atom. The van der Waals surface area contributed by atoms with E-state index in [1.807, 2.05) is 0 Å². The van der Waals surface area contributed by atoms with Crippen LogP contribution in [0.1, 0.15) is 18.4 Å². The van der Waals surface area contributed by atoms with Gasteiger partial charge in [0.2, 0.25) is 0 Å². The molecular formula is C11H13NOS. The molecule has 1 aliphatic carbocycles. The number of hydrogen-bond donors (Lipinski definition) is 1. The van der Waals surface area contributed by atoms with Crippen molar-refractivity contribution in [2.75, 3.05) is 6.54 Å². The van der Waals surface area contributed by atoms with Crippen LogP contribution in [-0.4, -0.2) is 12.3 Å². The largest absolute Gasteiger partial charge is 0.388 e. The highest BCUT2D eigenvalue weighted by Crippen LogP contribution is 2.12. The van der Waals surface area contributed by atoms with Gasteiger partial charge in [-0.15, -0.1) is 0 Å². The zero-order valence-electron chi connectivity index (χ0n) is 7.95. The molecule has 0 amide bonds. The maximum Gasteiger partial charge on any atom is 0.157 e. The van der Waals surface area contributed by atoms with Crippen molar-refractivity contribution in [1.82, 2.24) is 5.32 Å². The third-order valence-electron chi connectivity index (χ3n) is 2.32. The van der Waals surface area contributed by atoms with Crippen molar-refractivity contribution in [3.05, 3.63) is 34.2 Å². The summed E-state index contributed by atoms with van der Waals surface area (Å²) in [6, 6.07) is 2.14. The molecule has 0 spiro atoms. The average Bonchev–Trinajstić information content (AvgIpc) is 2.77. The van der Waals surface area contributed by atoms with Crippen molar-refractivity contribution in [1.29, 1.82) is 0 Å². The van der Waals surface area contributed by atoms with Gasteiger partial charge in [0.05, 0.1) is 0 Å². The highest BCUT2D eigenvalue weighted by Gasteiger charge is 2.10.